The van der Waals surface area contributed by atoms with E-state index >= 15 is 0 Å². The molecular formula is C15H21N2O4+. The molecule has 6 heteroatoms. The van der Waals surface area contributed by atoms with Crippen molar-refractivity contribution in [1.82, 2.24) is 4.90 Å². The largest absolute Gasteiger partial charge is 0.493 e. The number of rotatable bonds is 6. The van der Waals surface area contributed by atoms with Gasteiger partial charge in [-0.1, -0.05) is 6.07 Å². The molecule has 1 heterocycles. The van der Waals surface area contributed by atoms with Crippen LogP contribution in [0.25, 0.3) is 0 Å². The van der Waals surface area contributed by atoms with E-state index in [0.29, 0.717) is 17.9 Å². The van der Waals surface area contributed by atoms with Crippen molar-refractivity contribution in [2.75, 3.05) is 27.8 Å². The second-order valence-electron chi connectivity index (χ2n) is 5.07. The Hall–Kier alpha value is -2.08. The molecule has 1 atom stereocenters. The third-order valence-corrected chi connectivity index (χ3v) is 3.75. The van der Waals surface area contributed by atoms with Crippen molar-refractivity contribution in [3.8, 4) is 11.5 Å². The maximum absolute atomic E-state index is 11.8. The molecule has 1 fully saturated rings. The summed E-state index contributed by atoms with van der Waals surface area (Å²) < 4.78 is 10.5. The molecule has 0 aliphatic carbocycles. The molecule has 2 N–H and O–H groups in total. The van der Waals surface area contributed by atoms with Crippen molar-refractivity contribution in [1.29, 1.82) is 0 Å². The second kappa shape index (κ2) is 6.58. The van der Waals surface area contributed by atoms with Crippen LogP contribution in [0.3, 0.4) is 0 Å². The molecule has 1 aliphatic heterocycles. The summed E-state index contributed by atoms with van der Waals surface area (Å²) in [5, 5.41) is 1.93. The highest BCUT2D eigenvalue weighted by atomic mass is 16.5. The van der Waals surface area contributed by atoms with E-state index in [2.05, 4.69) is 0 Å². The van der Waals surface area contributed by atoms with E-state index in [0.717, 1.165) is 18.5 Å². The summed E-state index contributed by atoms with van der Waals surface area (Å²) in [6.07, 6.45) is 1.09. The fraction of sp³-hybridized carbons (Fsp3) is 0.467. The van der Waals surface area contributed by atoms with E-state index in [1.165, 1.54) is 11.9 Å². The van der Waals surface area contributed by atoms with Crippen LogP contribution in [-0.2, 0) is 16.0 Å². The van der Waals surface area contributed by atoms with Gasteiger partial charge in [0.1, 0.15) is 0 Å². The monoisotopic (exact) mass is 293 g/mol. The summed E-state index contributed by atoms with van der Waals surface area (Å²) in [5.74, 6) is 1.19. The first-order valence-electron chi connectivity index (χ1n) is 6.91. The van der Waals surface area contributed by atoms with Crippen LogP contribution in [0.15, 0.2) is 18.2 Å². The number of likely N-dealkylation sites (tertiary alicyclic amines) is 1. The molecule has 21 heavy (non-hydrogen) atoms. The van der Waals surface area contributed by atoms with Crippen LogP contribution < -0.4 is 14.8 Å². The lowest BCUT2D eigenvalue weighted by molar-refractivity contribution is -0.674. The number of methoxy groups -OCH3 is 2. The van der Waals surface area contributed by atoms with Gasteiger partial charge in [-0.3, -0.25) is 14.5 Å². The predicted molar refractivity (Wildman–Crippen MR) is 76.2 cm³/mol. The van der Waals surface area contributed by atoms with Crippen molar-refractivity contribution in [2.45, 2.75) is 18.9 Å². The van der Waals surface area contributed by atoms with Gasteiger partial charge in [0.05, 0.1) is 27.2 Å². The normalized spacial score (nSPS) is 18.2. The van der Waals surface area contributed by atoms with Gasteiger partial charge in [0.15, 0.2) is 17.5 Å². The Kier molecular flexibility index (Phi) is 4.80. The summed E-state index contributed by atoms with van der Waals surface area (Å²) in [6.45, 7) is 0.743. The highest BCUT2D eigenvalue weighted by Crippen LogP contribution is 2.27. The van der Waals surface area contributed by atoms with Gasteiger partial charge in [-0.05, 0) is 17.7 Å². The van der Waals surface area contributed by atoms with E-state index in [1.54, 1.807) is 14.2 Å². The van der Waals surface area contributed by atoms with Crippen LogP contribution in [0.5, 0.6) is 11.5 Å². The van der Waals surface area contributed by atoms with E-state index in [9.17, 15) is 9.59 Å². The van der Waals surface area contributed by atoms with Crippen molar-refractivity contribution < 1.29 is 24.4 Å². The minimum Gasteiger partial charge on any atom is -0.493 e. The number of benzene rings is 1. The van der Waals surface area contributed by atoms with Crippen molar-refractivity contribution in [3.05, 3.63) is 23.8 Å². The van der Waals surface area contributed by atoms with Gasteiger partial charge in [-0.15, -0.1) is 0 Å². The molecule has 0 spiro atoms. The van der Waals surface area contributed by atoms with Crippen LogP contribution >= 0.6 is 0 Å². The zero-order chi connectivity index (χ0) is 15.4. The first kappa shape index (κ1) is 15.3. The lowest BCUT2D eigenvalue weighted by Gasteiger charge is -2.10. The number of nitrogens with two attached hydrogens (primary N) is 1. The maximum atomic E-state index is 11.8. The number of hydrogen-bond donors (Lipinski definition) is 1. The van der Waals surface area contributed by atoms with E-state index in [-0.39, 0.29) is 17.9 Å². The number of imide groups is 1. The standard InChI is InChI=1S/C15H20N2O4/c1-17-14(18)9-11(15(17)19)16-7-6-10-4-5-12(20-2)13(8-10)21-3/h4-5,8,11,16H,6-7,9H2,1-3H3/p+1/t11-/m0/s1. The van der Waals surface area contributed by atoms with Gasteiger partial charge in [0, 0.05) is 13.5 Å². The highest BCUT2D eigenvalue weighted by Gasteiger charge is 2.38. The van der Waals surface area contributed by atoms with E-state index in [4.69, 9.17) is 9.47 Å². The Labute approximate surface area is 124 Å². The highest BCUT2D eigenvalue weighted by molar-refractivity contribution is 6.04. The van der Waals surface area contributed by atoms with Gasteiger partial charge in [0.2, 0.25) is 5.91 Å². The Bertz CT molecular complexity index is 544. The Morgan fingerprint density at radius 2 is 1.95 bits per heavy atom. The molecule has 0 bridgehead atoms. The molecule has 0 aromatic heterocycles. The number of nitrogens with zero attached hydrogens (tertiary/aromatic N) is 1. The fourth-order valence-electron chi connectivity index (χ4n) is 2.46. The molecular weight excluding hydrogens is 272 g/mol. The number of hydrogen-bond acceptors (Lipinski definition) is 4. The minimum atomic E-state index is -0.275. The average molecular weight is 293 g/mol. The zero-order valence-electron chi connectivity index (χ0n) is 12.6. The Balaban J connectivity index is 1.89. The van der Waals surface area contributed by atoms with Crippen molar-refractivity contribution in [3.63, 3.8) is 0 Å². The van der Waals surface area contributed by atoms with E-state index in [1.807, 2.05) is 23.5 Å². The molecule has 1 aromatic carbocycles. The molecule has 2 rings (SSSR count). The summed E-state index contributed by atoms with van der Waals surface area (Å²) in [6, 6.07) is 5.50. The number of amides is 2. The topological polar surface area (TPSA) is 72.5 Å². The van der Waals surface area contributed by atoms with Crippen LogP contribution in [0, 0.1) is 0 Å². The first-order valence-corrected chi connectivity index (χ1v) is 6.91. The summed E-state index contributed by atoms with van der Waals surface area (Å²) in [7, 11) is 4.74. The Morgan fingerprint density at radius 1 is 1.24 bits per heavy atom. The van der Waals surface area contributed by atoms with Crippen LogP contribution in [0.4, 0.5) is 0 Å². The van der Waals surface area contributed by atoms with Gasteiger partial charge >= 0.3 is 0 Å². The maximum Gasteiger partial charge on any atom is 0.287 e. The lowest BCUT2D eigenvalue weighted by atomic mass is 10.1. The lowest BCUT2D eigenvalue weighted by Crippen LogP contribution is -2.91. The molecule has 0 radical (unpaired) electrons. The molecule has 0 saturated carbocycles. The smallest absolute Gasteiger partial charge is 0.287 e. The van der Waals surface area contributed by atoms with Crippen LogP contribution in [0.1, 0.15) is 12.0 Å². The molecule has 1 aromatic rings. The van der Waals surface area contributed by atoms with Crippen LogP contribution in [-0.4, -0.2) is 50.6 Å². The SMILES string of the molecule is COc1ccc(CC[NH2+][C@H]2CC(=O)N(C)C2=O)cc1OC. The molecule has 1 aliphatic rings. The molecule has 114 valence electrons. The fourth-order valence-corrected chi connectivity index (χ4v) is 2.46. The number of likely N-dealkylation sites (N-methyl/N-ethyl adjacent to an activating group) is 1. The van der Waals surface area contributed by atoms with Crippen LogP contribution in [0.2, 0.25) is 0 Å². The third kappa shape index (κ3) is 3.33. The van der Waals surface area contributed by atoms with Gasteiger partial charge < -0.3 is 14.8 Å². The quantitative estimate of drug-likeness (QED) is 0.722. The van der Waals surface area contributed by atoms with Gasteiger partial charge in [0.25, 0.3) is 5.91 Å². The third-order valence-electron chi connectivity index (χ3n) is 3.75. The number of quaternary nitrogens is 1. The predicted octanol–water partition coefficient (Wildman–Crippen LogP) is -0.433. The first-order chi connectivity index (χ1) is 10.1. The van der Waals surface area contributed by atoms with Crippen molar-refractivity contribution >= 4 is 11.8 Å². The Morgan fingerprint density at radius 3 is 2.52 bits per heavy atom. The van der Waals surface area contributed by atoms with Gasteiger partial charge in [-0.2, -0.15) is 0 Å². The molecule has 0 unspecified atom stereocenters. The van der Waals surface area contributed by atoms with Gasteiger partial charge in [-0.25, -0.2) is 0 Å². The summed E-state index contributed by atoms with van der Waals surface area (Å²) in [5.41, 5.74) is 1.11. The minimum absolute atomic E-state index is 0.104. The number of ether oxygens (including phenoxy) is 2. The molecule has 6 nitrogen and oxygen atoms in total. The van der Waals surface area contributed by atoms with E-state index < -0.39 is 0 Å². The number of carbonyl (C=O) groups excluding carboxylic acids is 2. The molecule has 1 saturated heterocycles. The summed E-state index contributed by atoms with van der Waals surface area (Å²) in [4.78, 5) is 24.4. The van der Waals surface area contributed by atoms with Crippen molar-refractivity contribution in [2.24, 2.45) is 0 Å². The average Bonchev–Trinajstić information content (AvgIpc) is 2.74. The number of carbonyl (C=O) groups is 2. The summed E-state index contributed by atoms with van der Waals surface area (Å²) >= 11 is 0. The second-order valence-corrected chi connectivity index (χ2v) is 5.07. The molecule has 2 amide bonds. The zero-order valence-corrected chi connectivity index (χ0v) is 12.6.